The average molecular weight is 430 g/mol. The summed E-state index contributed by atoms with van der Waals surface area (Å²) in [4.78, 5) is 36.2. The lowest BCUT2D eigenvalue weighted by atomic mass is 10.1. The monoisotopic (exact) mass is 430 g/mol. The Morgan fingerprint density at radius 3 is 2.17 bits per heavy atom. The van der Waals surface area contributed by atoms with Crippen molar-refractivity contribution in [1.82, 2.24) is 4.90 Å². The zero-order valence-electron chi connectivity index (χ0n) is 14.6. The molecular weight excluding hydrogens is 417 g/mol. The quantitative estimate of drug-likeness (QED) is 0.542. The minimum atomic E-state index is -4.70. The minimum Gasteiger partial charge on any atom is -0.362 e. The summed E-state index contributed by atoms with van der Waals surface area (Å²) in [6, 6.07) is 4.93. The van der Waals surface area contributed by atoms with Gasteiger partial charge in [-0.15, -0.1) is 0 Å². The number of carbonyl (C=O) groups excluding carboxylic acids is 1. The predicted octanol–water partition coefficient (Wildman–Crippen LogP) is 3.55. The van der Waals surface area contributed by atoms with Crippen LogP contribution in [0.1, 0.15) is 15.2 Å². The van der Waals surface area contributed by atoms with Crippen LogP contribution in [0.5, 0.6) is 0 Å². The Kier molecular flexibility index (Phi) is 5.42. The molecular formula is C16H13F3N4O5S. The first-order chi connectivity index (χ1) is 13.6. The third-order valence-corrected chi connectivity index (χ3v) is 5.41. The van der Waals surface area contributed by atoms with E-state index in [2.05, 4.69) is 0 Å². The van der Waals surface area contributed by atoms with Gasteiger partial charge in [-0.25, -0.2) is 0 Å². The van der Waals surface area contributed by atoms with Crippen LogP contribution in [-0.2, 0) is 6.18 Å². The lowest BCUT2D eigenvalue weighted by Gasteiger charge is -2.35. The van der Waals surface area contributed by atoms with Crippen molar-refractivity contribution >= 4 is 33.6 Å². The van der Waals surface area contributed by atoms with Crippen LogP contribution in [0, 0.1) is 20.2 Å². The van der Waals surface area contributed by atoms with Gasteiger partial charge in [0.1, 0.15) is 5.69 Å². The number of nitro benzene ring substituents is 1. The van der Waals surface area contributed by atoms with Crippen LogP contribution in [0.4, 0.5) is 29.5 Å². The highest BCUT2D eigenvalue weighted by Gasteiger charge is 2.34. The van der Waals surface area contributed by atoms with E-state index >= 15 is 0 Å². The lowest BCUT2D eigenvalue weighted by Crippen LogP contribution is -2.48. The van der Waals surface area contributed by atoms with Crippen molar-refractivity contribution in [3.63, 3.8) is 0 Å². The molecule has 1 amide bonds. The second-order valence-electron chi connectivity index (χ2n) is 6.13. The van der Waals surface area contributed by atoms with Crippen molar-refractivity contribution < 1.29 is 27.8 Å². The van der Waals surface area contributed by atoms with Crippen LogP contribution >= 0.6 is 11.3 Å². The number of rotatable bonds is 4. The number of carbonyl (C=O) groups is 1. The lowest BCUT2D eigenvalue weighted by molar-refractivity contribution is -0.384. The number of halogens is 3. The van der Waals surface area contributed by atoms with Gasteiger partial charge in [0.15, 0.2) is 0 Å². The van der Waals surface area contributed by atoms with Crippen LogP contribution in [0.15, 0.2) is 30.3 Å². The Morgan fingerprint density at radius 1 is 1.00 bits per heavy atom. The molecule has 154 valence electrons. The number of nitro groups is 2. The van der Waals surface area contributed by atoms with Gasteiger partial charge in [0, 0.05) is 38.3 Å². The van der Waals surface area contributed by atoms with E-state index in [-0.39, 0.29) is 41.7 Å². The molecule has 29 heavy (non-hydrogen) atoms. The Hall–Kier alpha value is -3.22. The summed E-state index contributed by atoms with van der Waals surface area (Å²) in [6.45, 7) is 0.683. The SMILES string of the molecule is O=C(c1ccc([N+](=O)[O-])s1)N1CCN(c2ccc(C(F)(F)F)cc2[N+](=O)[O-])CC1. The number of piperazine rings is 1. The van der Waals surface area contributed by atoms with Crippen LogP contribution in [0.2, 0.25) is 0 Å². The summed E-state index contributed by atoms with van der Waals surface area (Å²) in [7, 11) is 0. The van der Waals surface area contributed by atoms with Gasteiger partial charge in [0.25, 0.3) is 11.6 Å². The van der Waals surface area contributed by atoms with Gasteiger partial charge in [0.05, 0.1) is 20.3 Å². The van der Waals surface area contributed by atoms with Gasteiger partial charge in [-0.2, -0.15) is 13.2 Å². The van der Waals surface area contributed by atoms with Crippen molar-refractivity contribution in [2.24, 2.45) is 0 Å². The standard InChI is InChI=1S/C16H13F3N4O5S/c17-16(18,19)10-1-2-11(12(9-10)22(25)26)20-5-7-21(8-6-20)15(24)13-3-4-14(29-13)23(27)28/h1-4,9H,5-8H2. The minimum absolute atomic E-state index is 0.0434. The molecule has 9 nitrogen and oxygen atoms in total. The van der Waals surface area contributed by atoms with E-state index in [1.54, 1.807) is 4.90 Å². The van der Waals surface area contributed by atoms with Gasteiger partial charge < -0.3 is 9.80 Å². The smallest absolute Gasteiger partial charge is 0.362 e. The summed E-state index contributed by atoms with van der Waals surface area (Å²) in [5.74, 6) is -0.398. The van der Waals surface area contributed by atoms with E-state index in [4.69, 9.17) is 0 Å². The van der Waals surface area contributed by atoms with Crippen LogP contribution in [-0.4, -0.2) is 46.8 Å². The largest absolute Gasteiger partial charge is 0.416 e. The molecule has 2 aromatic rings. The maximum Gasteiger partial charge on any atom is 0.416 e. The number of nitrogens with zero attached hydrogens (tertiary/aromatic N) is 4. The molecule has 0 atom stereocenters. The van der Waals surface area contributed by atoms with Crippen molar-refractivity contribution in [1.29, 1.82) is 0 Å². The zero-order chi connectivity index (χ0) is 21.3. The van der Waals surface area contributed by atoms with Gasteiger partial charge in [-0.05, 0) is 18.2 Å². The Labute approximate surface area is 165 Å². The number of thiophene rings is 1. The highest BCUT2D eigenvalue weighted by Crippen LogP contribution is 2.37. The fourth-order valence-corrected chi connectivity index (χ4v) is 3.75. The normalized spacial score (nSPS) is 14.7. The maximum absolute atomic E-state index is 12.8. The number of hydrogen-bond donors (Lipinski definition) is 0. The molecule has 0 N–H and O–H groups in total. The Morgan fingerprint density at radius 2 is 1.66 bits per heavy atom. The molecule has 1 fully saturated rings. The van der Waals surface area contributed by atoms with Crippen molar-refractivity contribution in [2.45, 2.75) is 6.18 Å². The first-order valence-electron chi connectivity index (χ1n) is 8.22. The highest BCUT2D eigenvalue weighted by molar-refractivity contribution is 7.17. The molecule has 0 radical (unpaired) electrons. The molecule has 1 aromatic carbocycles. The zero-order valence-corrected chi connectivity index (χ0v) is 15.4. The molecule has 1 aliphatic rings. The highest BCUT2D eigenvalue weighted by atomic mass is 32.1. The van der Waals surface area contributed by atoms with Crippen molar-refractivity contribution in [2.75, 3.05) is 31.1 Å². The van der Waals surface area contributed by atoms with Crippen molar-refractivity contribution in [3.8, 4) is 0 Å². The van der Waals surface area contributed by atoms with Gasteiger partial charge in [-0.1, -0.05) is 11.3 Å². The third kappa shape index (κ3) is 4.29. The molecule has 1 aliphatic heterocycles. The fourth-order valence-electron chi connectivity index (χ4n) is 2.96. The molecule has 0 aliphatic carbocycles. The Bertz CT molecular complexity index is 970. The number of alkyl halides is 3. The van der Waals surface area contributed by atoms with E-state index < -0.39 is 33.2 Å². The molecule has 1 aromatic heterocycles. The third-order valence-electron chi connectivity index (χ3n) is 4.39. The summed E-state index contributed by atoms with van der Waals surface area (Å²) in [5, 5.41) is 21.8. The second-order valence-corrected chi connectivity index (χ2v) is 7.19. The summed E-state index contributed by atoms with van der Waals surface area (Å²) in [6.07, 6.45) is -4.70. The number of amides is 1. The molecule has 13 heteroatoms. The first kappa shape index (κ1) is 20.5. The van der Waals surface area contributed by atoms with E-state index in [9.17, 15) is 38.2 Å². The van der Waals surface area contributed by atoms with E-state index in [1.165, 1.54) is 17.0 Å². The number of benzene rings is 1. The van der Waals surface area contributed by atoms with E-state index in [1.807, 2.05) is 0 Å². The van der Waals surface area contributed by atoms with Gasteiger partial charge >= 0.3 is 11.2 Å². The second kappa shape index (κ2) is 7.66. The van der Waals surface area contributed by atoms with Crippen molar-refractivity contribution in [3.05, 3.63) is 61.0 Å². The van der Waals surface area contributed by atoms with Crippen LogP contribution in [0.25, 0.3) is 0 Å². The summed E-state index contributed by atoms with van der Waals surface area (Å²) >= 11 is 0.750. The maximum atomic E-state index is 12.8. The Balaban J connectivity index is 1.74. The molecule has 1 saturated heterocycles. The summed E-state index contributed by atoms with van der Waals surface area (Å²) in [5.41, 5.74) is -1.73. The van der Waals surface area contributed by atoms with Crippen LogP contribution in [0.3, 0.4) is 0 Å². The van der Waals surface area contributed by atoms with E-state index in [0.717, 1.165) is 23.5 Å². The molecule has 0 saturated carbocycles. The molecule has 2 heterocycles. The van der Waals surface area contributed by atoms with E-state index in [0.29, 0.717) is 6.07 Å². The molecule has 0 spiro atoms. The average Bonchev–Trinajstić information content (AvgIpc) is 3.17. The number of hydrogen-bond acceptors (Lipinski definition) is 7. The van der Waals surface area contributed by atoms with Gasteiger partial charge in [0.2, 0.25) is 0 Å². The molecule has 3 rings (SSSR count). The summed E-state index contributed by atoms with van der Waals surface area (Å²) < 4.78 is 38.5. The fraction of sp³-hybridized carbons (Fsp3) is 0.312. The number of anilines is 1. The topological polar surface area (TPSA) is 110 Å². The molecule has 0 unspecified atom stereocenters. The predicted molar refractivity (Wildman–Crippen MR) is 97.2 cm³/mol. The van der Waals surface area contributed by atoms with Gasteiger partial charge in [-0.3, -0.25) is 25.0 Å². The first-order valence-corrected chi connectivity index (χ1v) is 9.03. The van der Waals surface area contributed by atoms with Crippen LogP contribution < -0.4 is 4.90 Å². The molecule has 0 bridgehead atoms.